The summed E-state index contributed by atoms with van der Waals surface area (Å²) in [5, 5.41) is 2.39. The number of amides is 1. The van der Waals surface area contributed by atoms with E-state index in [9.17, 15) is 13.6 Å². The topological polar surface area (TPSA) is 60.5 Å². The molecule has 1 amide bonds. The lowest BCUT2D eigenvalue weighted by Gasteiger charge is -2.19. The molecule has 18 heavy (non-hydrogen) atoms. The van der Waals surface area contributed by atoms with Crippen molar-refractivity contribution in [3.8, 4) is 5.88 Å². The highest BCUT2D eigenvalue weighted by Crippen LogP contribution is 2.17. The number of pyridine rings is 1. The quantitative estimate of drug-likeness (QED) is 0.907. The van der Waals surface area contributed by atoms with Crippen molar-refractivity contribution in [1.82, 2.24) is 4.98 Å². The van der Waals surface area contributed by atoms with Crippen LogP contribution in [-0.2, 0) is 4.74 Å². The standard InChI is InChI=1S/C11H14F2N2O3/c1-11(2,3)18-10(16)15-7-4-5-14-8(6-7)17-9(12)13/h4-6,9H,1-3H3,(H,14,15,16). The fraction of sp³-hybridized carbons (Fsp3) is 0.455. The Bertz CT molecular complexity index is 419. The number of anilines is 1. The predicted octanol–water partition coefficient (Wildman–Crippen LogP) is 3.03. The lowest BCUT2D eigenvalue weighted by atomic mass is 10.2. The lowest BCUT2D eigenvalue weighted by molar-refractivity contribution is -0.0527. The van der Waals surface area contributed by atoms with Gasteiger partial charge in [0.1, 0.15) is 5.60 Å². The molecular weight excluding hydrogens is 246 g/mol. The predicted molar refractivity (Wildman–Crippen MR) is 60.7 cm³/mol. The normalized spacial score (nSPS) is 11.2. The number of carbonyl (C=O) groups excluding carboxylic acids is 1. The minimum atomic E-state index is -2.96. The average molecular weight is 260 g/mol. The van der Waals surface area contributed by atoms with E-state index in [2.05, 4.69) is 15.0 Å². The molecule has 0 aliphatic rings. The van der Waals surface area contributed by atoms with Crippen LogP contribution in [-0.4, -0.2) is 23.3 Å². The van der Waals surface area contributed by atoms with Crippen LogP contribution in [0.15, 0.2) is 18.3 Å². The summed E-state index contributed by atoms with van der Waals surface area (Å²) in [5.41, 5.74) is -0.380. The van der Waals surface area contributed by atoms with Gasteiger partial charge < -0.3 is 9.47 Å². The number of nitrogens with one attached hydrogen (secondary N) is 1. The van der Waals surface area contributed by atoms with Gasteiger partial charge in [-0.25, -0.2) is 9.78 Å². The molecule has 1 N–H and O–H groups in total. The van der Waals surface area contributed by atoms with E-state index in [0.717, 1.165) is 0 Å². The van der Waals surface area contributed by atoms with Crippen LogP contribution in [0.25, 0.3) is 0 Å². The molecule has 7 heteroatoms. The highest BCUT2D eigenvalue weighted by Gasteiger charge is 2.16. The van der Waals surface area contributed by atoms with Crippen LogP contribution < -0.4 is 10.1 Å². The van der Waals surface area contributed by atoms with Crippen molar-refractivity contribution in [1.29, 1.82) is 0 Å². The fourth-order valence-electron chi connectivity index (χ4n) is 1.06. The average Bonchev–Trinajstić information content (AvgIpc) is 2.13. The van der Waals surface area contributed by atoms with Gasteiger partial charge in [-0.15, -0.1) is 0 Å². The zero-order chi connectivity index (χ0) is 13.8. The summed E-state index contributed by atoms with van der Waals surface area (Å²) in [4.78, 5) is 15.0. The van der Waals surface area contributed by atoms with E-state index in [0.29, 0.717) is 0 Å². The van der Waals surface area contributed by atoms with Crippen molar-refractivity contribution in [3.63, 3.8) is 0 Å². The van der Waals surface area contributed by atoms with Gasteiger partial charge in [0.05, 0.1) is 5.69 Å². The van der Waals surface area contributed by atoms with Gasteiger partial charge in [0.15, 0.2) is 0 Å². The molecule has 0 aromatic carbocycles. The second kappa shape index (κ2) is 5.61. The molecule has 1 heterocycles. The molecule has 0 aliphatic heterocycles. The first-order chi connectivity index (χ1) is 8.26. The van der Waals surface area contributed by atoms with Crippen LogP contribution in [0.1, 0.15) is 20.8 Å². The molecular formula is C11H14F2N2O3. The molecule has 0 spiro atoms. The molecule has 1 aromatic rings. The molecule has 0 bridgehead atoms. The van der Waals surface area contributed by atoms with Crippen molar-refractivity contribution in [3.05, 3.63) is 18.3 Å². The maximum absolute atomic E-state index is 12.0. The Kier molecular flexibility index (Phi) is 4.41. The van der Waals surface area contributed by atoms with E-state index in [-0.39, 0.29) is 11.6 Å². The van der Waals surface area contributed by atoms with E-state index < -0.39 is 18.3 Å². The molecule has 1 rings (SSSR count). The maximum atomic E-state index is 12.0. The summed E-state index contributed by atoms with van der Waals surface area (Å²) in [6.45, 7) is 2.17. The molecule has 0 atom stereocenters. The Morgan fingerprint density at radius 3 is 2.67 bits per heavy atom. The van der Waals surface area contributed by atoms with Gasteiger partial charge in [-0.3, -0.25) is 5.32 Å². The molecule has 100 valence electrons. The second-order valence-corrected chi connectivity index (χ2v) is 4.39. The SMILES string of the molecule is CC(C)(C)OC(=O)Nc1ccnc(OC(F)F)c1. The molecule has 0 aliphatic carbocycles. The first-order valence-electron chi connectivity index (χ1n) is 5.17. The molecule has 0 saturated heterocycles. The highest BCUT2D eigenvalue weighted by atomic mass is 19.3. The van der Waals surface area contributed by atoms with Gasteiger partial charge in [-0.05, 0) is 26.8 Å². The number of halogens is 2. The van der Waals surface area contributed by atoms with E-state index in [1.165, 1.54) is 18.3 Å². The van der Waals surface area contributed by atoms with Crippen molar-refractivity contribution in [2.24, 2.45) is 0 Å². The first kappa shape index (κ1) is 14.1. The van der Waals surface area contributed by atoms with E-state index in [4.69, 9.17) is 4.74 Å². The van der Waals surface area contributed by atoms with E-state index >= 15 is 0 Å². The number of hydrogen-bond acceptors (Lipinski definition) is 4. The van der Waals surface area contributed by atoms with Crippen LogP contribution >= 0.6 is 0 Å². The number of hydrogen-bond donors (Lipinski definition) is 1. The van der Waals surface area contributed by atoms with Crippen LogP contribution in [0, 0.1) is 0 Å². The van der Waals surface area contributed by atoms with Gasteiger partial charge in [-0.1, -0.05) is 0 Å². The maximum Gasteiger partial charge on any atom is 0.412 e. The zero-order valence-electron chi connectivity index (χ0n) is 10.2. The highest BCUT2D eigenvalue weighted by molar-refractivity contribution is 5.84. The molecule has 5 nitrogen and oxygen atoms in total. The third-order valence-electron chi connectivity index (χ3n) is 1.59. The van der Waals surface area contributed by atoms with Gasteiger partial charge >= 0.3 is 12.7 Å². The van der Waals surface area contributed by atoms with Crippen molar-refractivity contribution in [2.45, 2.75) is 33.0 Å². The van der Waals surface area contributed by atoms with Crippen LogP contribution in [0.2, 0.25) is 0 Å². The van der Waals surface area contributed by atoms with Gasteiger partial charge in [0, 0.05) is 12.3 Å². The number of alkyl halides is 2. The zero-order valence-corrected chi connectivity index (χ0v) is 10.2. The van der Waals surface area contributed by atoms with Crippen LogP contribution in [0.4, 0.5) is 19.3 Å². The fourth-order valence-corrected chi connectivity index (χ4v) is 1.06. The number of carbonyl (C=O) groups is 1. The number of rotatable bonds is 3. The second-order valence-electron chi connectivity index (χ2n) is 4.39. The molecule has 1 aromatic heterocycles. The Morgan fingerprint density at radius 1 is 1.44 bits per heavy atom. The van der Waals surface area contributed by atoms with Crippen molar-refractivity contribution >= 4 is 11.8 Å². The summed E-state index contributed by atoms with van der Waals surface area (Å²) >= 11 is 0. The van der Waals surface area contributed by atoms with Crippen LogP contribution in [0.3, 0.4) is 0 Å². The largest absolute Gasteiger partial charge is 0.444 e. The Balaban J connectivity index is 2.65. The lowest BCUT2D eigenvalue weighted by Crippen LogP contribution is -2.27. The summed E-state index contributed by atoms with van der Waals surface area (Å²) in [5.74, 6) is -0.279. The minimum Gasteiger partial charge on any atom is -0.444 e. The molecule has 0 unspecified atom stereocenters. The summed E-state index contributed by atoms with van der Waals surface area (Å²) in [6, 6.07) is 2.61. The Hall–Kier alpha value is -1.92. The Labute approximate surface area is 103 Å². The van der Waals surface area contributed by atoms with E-state index in [1.54, 1.807) is 20.8 Å². The summed E-state index contributed by atoms with van der Waals surface area (Å²) in [6.07, 6.45) is 0.557. The van der Waals surface area contributed by atoms with Gasteiger partial charge in [-0.2, -0.15) is 8.78 Å². The molecule has 0 radical (unpaired) electrons. The summed E-state index contributed by atoms with van der Waals surface area (Å²) < 4.78 is 33.0. The Morgan fingerprint density at radius 2 is 2.11 bits per heavy atom. The summed E-state index contributed by atoms with van der Waals surface area (Å²) in [7, 11) is 0. The van der Waals surface area contributed by atoms with Gasteiger partial charge in [0.2, 0.25) is 5.88 Å². The van der Waals surface area contributed by atoms with E-state index in [1.807, 2.05) is 0 Å². The number of ether oxygens (including phenoxy) is 2. The van der Waals surface area contributed by atoms with Crippen LogP contribution in [0.5, 0.6) is 5.88 Å². The van der Waals surface area contributed by atoms with Crippen molar-refractivity contribution < 1.29 is 23.0 Å². The van der Waals surface area contributed by atoms with Crippen molar-refractivity contribution in [2.75, 3.05) is 5.32 Å². The third-order valence-corrected chi connectivity index (χ3v) is 1.59. The first-order valence-corrected chi connectivity index (χ1v) is 5.17. The molecule has 0 saturated carbocycles. The third kappa shape index (κ3) is 5.42. The number of aromatic nitrogens is 1. The van der Waals surface area contributed by atoms with Gasteiger partial charge in [0.25, 0.3) is 0 Å². The monoisotopic (exact) mass is 260 g/mol. The minimum absolute atomic E-state index is 0.259. The molecule has 0 fully saturated rings. The number of nitrogens with zero attached hydrogens (tertiary/aromatic N) is 1. The smallest absolute Gasteiger partial charge is 0.412 e.